The second-order valence-electron chi connectivity index (χ2n) is 14.6. The van der Waals surface area contributed by atoms with Gasteiger partial charge in [0.2, 0.25) is 23.5 Å². The van der Waals surface area contributed by atoms with Crippen molar-refractivity contribution in [1.82, 2.24) is 26.2 Å². The summed E-state index contributed by atoms with van der Waals surface area (Å²) in [7, 11) is 0. The van der Waals surface area contributed by atoms with Gasteiger partial charge in [0.25, 0.3) is 5.91 Å². The normalized spacial score (nSPS) is 25.6. The Kier molecular flexibility index (Phi) is 10.3. The summed E-state index contributed by atoms with van der Waals surface area (Å²) in [6.07, 6.45) is 6.46. The maximum absolute atomic E-state index is 14.2. The number of amides is 5. The van der Waals surface area contributed by atoms with E-state index in [1.165, 1.54) is 0 Å². The maximum atomic E-state index is 14.2. The first-order valence-electron chi connectivity index (χ1n) is 16.4. The van der Waals surface area contributed by atoms with Gasteiger partial charge in [0.15, 0.2) is 0 Å². The lowest BCUT2D eigenvalue weighted by Gasteiger charge is -2.37. The number of ketones is 1. The van der Waals surface area contributed by atoms with E-state index in [-0.39, 0.29) is 54.0 Å². The molecule has 4 fully saturated rings. The molecular weight excluding hydrogens is 566 g/mol. The van der Waals surface area contributed by atoms with Crippen LogP contribution in [0.15, 0.2) is 0 Å². The second-order valence-corrected chi connectivity index (χ2v) is 14.6. The molecule has 44 heavy (non-hydrogen) atoms. The molecule has 0 spiro atoms. The third kappa shape index (κ3) is 8.10. The van der Waals surface area contributed by atoms with E-state index in [1.807, 2.05) is 6.92 Å². The average Bonchev–Trinajstić information content (AvgIpc) is 3.80. The molecule has 3 saturated carbocycles. The summed E-state index contributed by atoms with van der Waals surface area (Å²) in [5.41, 5.74) is -0.908. The molecule has 12 heteroatoms. The van der Waals surface area contributed by atoms with Crippen molar-refractivity contribution in [3.05, 3.63) is 0 Å². The van der Waals surface area contributed by atoms with Gasteiger partial charge in [0.1, 0.15) is 17.7 Å². The van der Waals surface area contributed by atoms with Gasteiger partial charge in [-0.15, -0.1) is 0 Å². The number of hydrogen-bond acceptors (Lipinski definition) is 7. The third-order valence-corrected chi connectivity index (χ3v) is 9.61. The number of carbonyl (C=O) groups excluding carboxylic acids is 6. The molecule has 0 radical (unpaired) electrons. The van der Waals surface area contributed by atoms with Crippen LogP contribution in [-0.2, 0) is 28.7 Å². The van der Waals surface area contributed by atoms with Crippen molar-refractivity contribution in [2.75, 3.05) is 13.1 Å². The van der Waals surface area contributed by atoms with Crippen molar-refractivity contribution < 1.29 is 33.5 Å². The minimum absolute atomic E-state index is 0.0763. The van der Waals surface area contributed by atoms with Crippen LogP contribution in [0.5, 0.6) is 0 Å². The van der Waals surface area contributed by atoms with Crippen LogP contribution in [0, 0.1) is 23.2 Å². The number of alkyl carbamates (subject to hydrolysis) is 1. The maximum Gasteiger partial charge on any atom is 0.408 e. The largest absolute Gasteiger partial charge is 0.444 e. The van der Waals surface area contributed by atoms with Gasteiger partial charge in [-0.25, -0.2) is 4.79 Å². The second kappa shape index (κ2) is 13.4. The van der Waals surface area contributed by atoms with Crippen LogP contribution in [0.4, 0.5) is 4.79 Å². The van der Waals surface area contributed by atoms with Gasteiger partial charge >= 0.3 is 6.09 Å². The molecule has 1 heterocycles. The van der Waals surface area contributed by atoms with Gasteiger partial charge in [-0.3, -0.25) is 24.0 Å². The van der Waals surface area contributed by atoms with Crippen molar-refractivity contribution in [2.24, 2.45) is 23.2 Å². The first kappa shape index (κ1) is 33.7. The Bertz CT molecular complexity index is 1140. The molecule has 3 unspecified atom stereocenters. The number of ether oxygens (including phenoxy) is 1. The van der Waals surface area contributed by atoms with Crippen molar-refractivity contribution in [3.63, 3.8) is 0 Å². The summed E-state index contributed by atoms with van der Waals surface area (Å²) in [5, 5.41) is 10.7. The fourth-order valence-corrected chi connectivity index (χ4v) is 7.00. The Balaban J connectivity index is 1.48. The molecular formula is C32H51N5O7. The first-order chi connectivity index (χ1) is 20.6. The van der Waals surface area contributed by atoms with Crippen LogP contribution in [-0.4, -0.2) is 83.3 Å². The standard InChI is InChI=1S/C32H51N5O7/c1-7-11-21(26(39)28(41)33-16-22(38)34-19-14-15-19)35-27(40)25-23-20(32(23,5)6)17-37(25)29(42)24(18-12-9-8-10-13-18)36-30(43)44-31(2,3)4/h18-21,23-25H,7-17H2,1-6H3,(H,33,41)(H,34,38)(H,35,40)(H,36,43)/t20-,21?,23-,24?,25?/m0/s1. The summed E-state index contributed by atoms with van der Waals surface area (Å²) in [6, 6.07) is -2.63. The minimum atomic E-state index is -1.09. The van der Waals surface area contributed by atoms with Gasteiger partial charge in [-0.05, 0) is 76.0 Å². The summed E-state index contributed by atoms with van der Waals surface area (Å²) < 4.78 is 5.49. The molecule has 0 aromatic heterocycles. The predicted molar refractivity (Wildman–Crippen MR) is 162 cm³/mol. The number of carbonyl (C=O) groups is 6. The third-order valence-electron chi connectivity index (χ3n) is 9.61. The molecule has 12 nitrogen and oxygen atoms in total. The van der Waals surface area contributed by atoms with Gasteiger partial charge in [0.05, 0.1) is 12.6 Å². The molecule has 4 aliphatic rings. The average molecular weight is 618 g/mol. The molecule has 4 N–H and O–H groups in total. The van der Waals surface area contributed by atoms with Crippen LogP contribution in [0.2, 0.25) is 0 Å². The summed E-state index contributed by atoms with van der Waals surface area (Å²) in [4.78, 5) is 80.4. The number of likely N-dealkylation sites (tertiary alicyclic amines) is 1. The number of piperidine rings is 1. The van der Waals surface area contributed by atoms with Gasteiger partial charge in [0, 0.05) is 12.6 Å². The van der Waals surface area contributed by atoms with Crippen LogP contribution < -0.4 is 21.3 Å². The lowest BCUT2D eigenvalue weighted by Crippen LogP contribution is -2.60. The topological polar surface area (TPSA) is 163 Å². The molecule has 1 aliphatic heterocycles. The SMILES string of the molecule is CCCC(NC(=O)C1[C@@H]2[C@H](CN1C(=O)C(NC(=O)OC(C)(C)C)C1CCCCC1)C2(C)C)C(=O)C(=O)NCC(=O)NC1CC1. The number of nitrogens with zero attached hydrogens (tertiary/aromatic N) is 1. The Hall–Kier alpha value is -3.18. The van der Waals surface area contributed by atoms with E-state index < -0.39 is 47.4 Å². The van der Waals surface area contributed by atoms with E-state index >= 15 is 0 Å². The Labute approximate surface area is 260 Å². The Morgan fingerprint density at radius 2 is 1.61 bits per heavy atom. The Morgan fingerprint density at radius 1 is 0.955 bits per heavy atom. The molecule has 0 bridgehead atoms. The van der Waals surface area contributed by atoms with E-state index in [9.17, 15) is 28.8 Å². The lowest BCUT2D eigenvalue weighted by molar-refractivity contribution is -0.145. The highest BCUT2D eigenvalue weighted by molar-refractivity contribution is 6.38. The fraction of sp³-hybridized carbons (Fsp3) is 0.812. The molecule has 4 rings (SSSR count). The lowest BCUT2D eigenvalue weighted by atomic mass is 9.83. The summed E-state index contributed by atoms with van der Waals surface area (Å²) in [6.45, 7) is 11.3. The van der Waals surface area contributed by atoms with Crippen LogP contribution in [0.1, 0.15) is 99.3 Å². The highest BCUT2D eigenvalue weighted by Crippen LogP contribution is 2.65. The molecule has 0 aromatic carbocycles. The van der Waals surface area contributed by atoms with Crippen molar-refractivity contribution >= 4 is 35.5 Å². The zero-order valence-electron chi connectivity index (χ0n) is 27.1. The van der Waals surface area contributed by atoms with Crippen LogP contribution in [0.25, 0.3) is 0 Å². The predicted octanol–water partition coefficient (Wildman–Crippen LogP) is 2.19. The highest BCUT2D eigenvalue weighted by atomic mass is 16.6. The zero-order chi connectivity index (χ0) is 32.4. The number of Topliss-reactive ketones (excluding diaryl/α,β-unsaturated/α-hetero) is 1. The number of nitrogens with one attached hydrogen (secondary N) is 4. The van der Waals surface area contributed by atoms with Crippen LogP contribution >= 0.6 is 0 Å². The molecule has 5 amide bonds. The monoisotopic (exact) mass is 617 g/mol. The summed E-state index contributed by atoms with van der Waals surface area (Å²) >= 11 is 0. The number of hydrogen-bond donors (Lipinski definition) is 4. The minimum Gasteiger partial charge on any atom is -0.444 e. The molecule has 246 valence electrons. The quantitative estimate of drug-likeness (QED) is 0.244. The van der Waals surface area contributed by atoms with Crippen molar-refractivity contribution in [2.45, 2.75) is 129 Å². The smallest absolute Gasteiger partial charge is 0.408 e. The van der Waals surface area contributed by atoms with Crippen molar-refractivity contribution in [3.8, 4) is 0 Å². The zero-order valence-corrected chi connectivity index (χ0v) is 27.1. The van der Waals surface area contributed by atoms with Crippen molar-refractivity contribution in [1.29, 1.82) is 0 Å². The Morgan fingerprint density at radius 3 is 2.20 bits per heavy atom. The van der Waals surface area contributed by atoms with E-state index in [0.717, 1.165) is 44.9 Å². The number of fused-ring (bicyclic) bond motifs is 1. The first-order valence-corrected chi connectivity index (χ1v) is 16.4. The molecule has 3 aliphatic carbocycles. The van der Waals surface area contributed by atoms with E-state index in [2.05, 4.69) is 35.1 Å². The van der Waals surface area contributed by atoms with E-state index in [0.29, 0.717) is 13.0 Å². The van der Waals surface area contributed by atoms with Crippen LogP contribution in [0.3, 0.4) is 0 Å². The molecule has 1 saturated heterocycles. The van der Waals surface area contributed by atoms with Gasteiger partial charge in [-0.2, -0.15) is 0 Å². The van der Waals surface area contributed by atoms with E-state index in [4.69, 9.17) is 4.74 Å². The van der Waals surface area contributed by atoms with E-state index in [1.54, 1.807) is 25.7 Å². The number of rotatable bonds is 12. The van der Waals surface area contributed by atoms with Gasteiger partial charge < -0.3 is 30.9 Å². The van der Waals surface area contributed by atoms with Gasteiger partial charge in [-0.1, -0.05) is 46.5 Å². The molecule has 0 aromatic rings. The fourth-order valence-electron chi connectivity index (χ4n) is 7.00. The molecule has 5 atom stereocenters. The summed E-state index contributed by atoms with van der Waals surface area (Å²) in [5.74, 6) is -3.01. The highest BCUT2D eigenvalue weighted by Gasteiger charge is 2.69.